The van der Waals surface area contributed by atoms with E-state index in [4.69, 9.17) is 5.26 Å². The van der Waals surface area contributed by atoms with Crippen molar-refractivity contribution in [3.05, 3.63) is 24.3 Å². The summed E-state index contributed by atoms with van der Waals surface area (Å²) in [5.74, 6) is 0. The van der Waals surface area contributed by atoms with Crippen molar-refractivity contribution in [2.75, 3.05) is 6.54 Å². The van der Waals surface area contributed by atoms with Crippen LogP contribution in [-0.4, -0.2) is 16.5 Å². The maximum absolute atomic E-state index is 8.25. The summed E-state index contributed by atoms with van der Waals surface area (Å²) in [5.41, 5.74) is 1.04. The van der Waals surface area contributed by atoms with E-state index in [1.807, 2.05) is 0 Å². The summed E-state index contributed by atoms with van der Waals surface area (Å²) in [6.45, 7) is 1.44. The topological polar surface area (TPSA) is 61.6 Å². The first-order valence-corrected chi connectivity index (χ1v) is 3.75. The van der Waals surface area contributed by atoms with E-state index in [1.165, 1.54) is 6.33 Å². The van der Waals surface area contributed by atoms with Gasteiger partial charge in [-0.25, -0.2) is 9.97 Å². The van der Waals surface area contributed by atoms with Crippen molar-refractivity contribution < 1.29 is 0 Å². The smallest absolute Gasteiger partial charge is 0.115 e. The number of hydrogen-bond donors (Lipinski definition) is 1. The molecule has 0 atom stereocenters. The van der Waals surface area contributed by atoms with Crippen LogP contribution in [0.15, 0.2) is 18.7 Å². The Morgan fingerprint density at radius 2 is 2.17 bits per heavy atom. The predicted molar refractivity (Wildman–Crippen MR) is 44.0 cm³/mol. The molecule has 4 heteroatoms. The summed E-state index contributed by atoms with van der Waals surface area (Å²) in [7, 11) is 0. The molecule has 0 spiro atoms. The van der Waals surface area contributed by atoms with Gasteiger partial charge in [0.25, 0.3) is 0 Å². The highest BCUT2D eigenvalue weighted by Gasteiger charge is 1.90. The van der Waals surface area contributed by atoms with Gasteiger partial charge in [-0.1, -0.05) is 0 Å². The minimum Gasteiger partial charge on any atom is -0.312 e. The first-order valence-electron chi connectivity index (χ1n) is 3.75. The molecule has 0 aliphatic carbocycles. The molecule has 0 unspecified atom stereocenters. The van der Waals surface area contributed by atoms with E-state index in [0.29, 0.717) is 13.0 Å². The van der Waals surface area contributed by atoms with Gasteiger partial charge < -0.3 is 5.32 Å². The molecule has 0 aliphatic heterocycles. The fraction of sp³-hybridized carbons (Fsp3) is 0.375. The monoisotopic (exact) mass is 162 g/mol. The molecule has 0 radical (unpaired) electrons. The van der Waals surface area contributed by atoms with Crippen molar-refractivity contribution in [2.45, 2.75) is 13.0 Å². The van der Waals surface area contributed by atoms with Crippen LogP contribution in [0.3, 0.4) is 0 Å². The first-order chi connectivity index (χ1) is 5.93. The van der Waals surface area contributed by atoms with Gasteiger partial charge in [0.05, 0.1) is 6.07 Å². The summed E-state index contributed by atoms with van der Waals surface area (Å²) in [4.78, 5) is 7.73. The number of nitrogens with zero attached hydrogens (tertiary/aromatic N) is 3. The van der Waals surface area contributed by atoms with Gasteiger partial charge in [0.2, 0.25) is 0 Å². The van der Waals surface area contributed by atoms with E-state index < -0.39 is 0 Å². The first kappa shape index (κ1) is 8.62. The average Bonchev–Trinajstić information content (AvgIpc) is 2.14. The SMILES string of the molecule is N#CCCNCc1cncnc1. The van der Waals surface area contributed by atoms with E-state index in [9.17, 15) is 0 Å². The fourth-order valence-electron chi connectivity index (χ4n) is 0.798. The Kier molecular flexibility index (Phi) is 3.75. The lowest BCUT2D eigenvalue weighted by atomic mass is 10.3. The second kappa shape index (κ2) is 5.22. The Morgan fingerprint density at radius 3 is 2.83 bits per heavy atom. The normalized spacial score (nSPS) is 9.25. The highest BCUT2D eigenvalue weighted by atomic mass is 14.9. The second-order valence-corrected chi connectivity index (χ2v) is 2.33. The average molecular weight is 162 g/mol. The van der Waals surface area contributed by atoms with Crippen molar-refractivity contribution in [3.63, 3.8) is 0 Å². The number of hydrogen-bond acceptors (Lipinski definition) is 4. The molecule has 0 bridgehead atoms. The van der Waals surface area contributed by atoms with Crippen LogP contribution in [0.2, 0.25) is 0 Å². The molecule has 0 aliphatic rings. The van der Waals surface area contributed by atoms with Crippen molar-refractivity contribution in [3.8, 4) is 6.07 Å². The molecular formula is C8H10N4. The highest BCUT2D eigenvalue weighted by Crippen LogP contribution is 1.90. The Bertz CT molecular complexity index is 252. The molecule has 0 saturated carbocycles. The van der Waals surface area contributed by atoms with E-state index >= 15 is 0 Å². The number of nitriles is 1. The summed E-state index contributed by atoms with van der Waals surface area (Å²) in [6.07, 6.45) is 5.55. The van der Waals surface area contributed by atoms with Gasteiger partial charge in [0, 0.05) is 37.5 Å². The molecule has 12 heavy (non-hydrogen) atoms. The van der Waals surface area contributed by atoms with Crippen LogP contribution in [0.1, 0.15) is 12.0 Å². The number of rotatable bonds is 4. The van der Waals surface area contributed by atoms with E-state index in [2.05, 4.69) is 21.4 Å². The lowest BCUT2D eigenvalue weighted by Crippen LogP contribution is -2.14. The fourth-order valence-corrected chi connectivity index (χ4v) is 0.798. The van der Waals surface area contributed by atoms with Crippen LogP contribution >= 0.6 is 0 Å². The van der Waals surface area contributed by atoms with Gasteiger partial charge in [-0.3, -0.25) is 0 Å². The molecule has 1 N–H and O–H groups in total. The lowest BCUT2D eigenvalue weighted by molar-refractivity contribution is 0.694. The lowest BCUT2D eigenvalue weighted by Gasteiger charge is -1.99. The van der Waals surface area contributed by atoms with E-state index in [0.717, 1.165) is 12.1 Å². The minimum atomic E-state index is 0.535. The second-order valence-electron chi connectivity index (χ2n) is 2.33. The molecule has 1 aromatic rings. The molecule has 1 aromatic heterocycles. The van der Waals surface area contributed by atoms with E-state index in [1.54, 1.807) is 12.4 Å². The van der Waals surface area contributed by atoms with Crippen LogP contribution in [0, 0.1) is 11.3 Å². The van der Waals surface area contributed by atoms with Gasteiger partial charge >= 0.3 is 0 Å². The largest absolute Gasteiger partial charge is 0.312 e. The van der Waals surface area contributed by atoms with Gasteiger partial charge in [-0.2, -0.15) is 5.26 Å². The van der Waals surface area contributed by atoms with Crippen LogP contribution in [0.5, 0.6) is 0 Å². The van der Waals surface area contributed by atoms with Crippen molar-refractivity contribution in [2.24, 2.45) is 0 Å². The quantitative estimate of drug-likeness (QED) is 0.654. The third kappa shape index (κ3) is 3.08. The third-order valence-corrected chi connectivity index (χ3v) is 1.36. The molecule has 1 heterocycles. The third-order valence-electron chi connectivity index (χ3n) is 1.36. The van der Waals surface area contributed by atoms with Crippen LogP contribution in [0.4, 0.5) is 0 Å². The Hall–Kier alpha value is -1.47. The van der Waals surface area contributed by atoms with Gasteiger partial charge in [-0.05, 0) is 0 Å². The standard InChI is InChI=1S/C8H10N4/c9-2-1-3-10-4-8-5-11-7-12-6-8/h5-7,10H,1,3-4H2. The maximum Gasteiger partial charge on any atom is 0.115 e. The Morgan fingerprint density at radius 1 is 1.42 bits per heavy atom. The zero-order valence-electron chi connectivity index (χ0n) is 6.70. The number of aromatic nitrogens is 2. The summed E-state index contributed by atoms with van der Waals surface area (Å²) >= 11 is 0. The van der Waals surface area contributed by atoms with Crippen molar-refractivity contribution in [1.82, 2.24) is 15.3 Å². The molecular weight excluding hydrogens is 152 g/mol. The summed E-state index contributed by atoms with van der Waals surface area (Å²) in [5, 5.41) is 11.3. The predicted octanol–water partition coefficient (Wildman–Crippen LogP) is 0.480. The molecule has 0 fully saturated rings. The Labute approximate surface area is 71.3 Å². The molecule has 0 amide bonds. The molecule has 62 valence electrons. The highest BCUT2D eigenvalue weighted by molar-refractivity contribution is 5.01. The van der Waals surface area contributed by atoms with Gasteiger partial charge in [-0.15, -0.1) is 0 Å². The summed E-state index contributed by atoms with van der Waals surface area (Å²) < 4.78 is 0. The minimum absolute atomic E-state index is 0.535. The van der Waals surface area contributed by atoms with Crippen LogP contribution < -0.4 is 5.32 Å². The van der Waals surface area contributed by atoms with Crippen molar-refractivity contribution >= 4 is 0 Å². The zero-order valence-corrected chi connectivity index (χ0v) is 6.70. The summed E-state index contributed by atoms with van der Waals surface area (Å²) in [6, 6.07) is 2.06. The van der Waals surface area contributed by atoms with Gasteiger partial charge in [0.1, 0.15) is 6.33 Å². The zero-order chi connectivity index (χ0) is 8.65. The maximum atomic E-state index is 8.25. The van der Waals surface area contributed by atoms with Crippen LogP contribution in [-0.2, 0) is 6.54 Å². The number of nitrogens with one attached hydrogen (secondary N) is 1. The molecule has 0 saturated heterocycles. The molecule has 4 nitrogen and oxygen atoms in total. The van der Waals surface area contributed by atoms with Gasteiger partial charge in [0.15, 0.2) is 0 Å². The molecule has 1 rings (SSSR count). The Balaban J connectivity index is 2.21. The molecule has 0 aromatic carbocycles. The van der Waals surface area contributed by atoms with E-state index in [-0.39, 0.29) is 0 Å². The van der Waals surface area contributed by atoms with Crippen molar-refractivity contribution in [1.29, 1.82) is 5.26 Å². The van der Waals surface area contributed by atoms with Crippen LogP contribution in [0.25, 0.3) is 0 Å².